The number of carboxylic acid groups (broad SMARTS) is 1. The van der Waals surface area contributed by atoms with E-state index in [4.69, 9.17) is 5.11 Å². The molecule has 1 atom stereocenters. The molecule has 0 aliphatic carbocycles. The standard InChI is InChI=1S/C7H8N2O3S/c1-4(10)9-6(7(11)12)5-2-8-13-3-5/h2-3,6H,1H3,(H,9,10)(H,11,12). The monoisotopic (exact) mass is 200 g/mol. The van der Waals surface area contributed by atoms with E-state index in [0.29, 0.717) is 5.56 Å². The zero-order valence-electron chi connectivity index (χ0n) is 6.85. The van der Waals surface area contributed by atoms with Crippen molar-refractivity contribution in [1.29, 1.82) is 0 Å². The lowest BCUT2D eigenvalue weighted by Gasteiger charge is -2.10. The van der Waals surface area contributed by atoms with Gasteiger partial charge in [-0.25, -0.2) is 9.17 Å². The highest BCUT2D eigenvalue weighted by Crippen LogP contribution is 2.13. The maximum absolute atomic E-state index is 10.7. The number of amides is 1. The van der Waals surface area contributed by atoms with Crippen molar-refractivity contribution in [2.75, 3.05) is 0 Å². The van der Waals surface area contributed by atoms with Gasteiger partial charge < -0.3 is 10.4 Å². The molecule has 0 aliphatic rings. The zero-order chi connectivity index (χ0) is 9.84. The zero-order valence-corrected chi connectivity index (χ0v) is 7.67. The molecule has 2 N–H and O–H groups in total. The Hall–Kier alpha value is -1.43. The number of nitrogens with one attached hydrogen (secondary N) is 1. The van der Waals surface area contributed by atoms with Crippen molar-refractivity contribution in [2.45, 2.75) is 13.0 Å². The molecule has 6 heteroatoms. The molecule has 1 aromatic heterocycles. The van der Waals surface area contributed by atoms with Crippen molar-refractivity contribution in [1.82, 2.24) is 9.69 Å². The fourth-order valence-corrected chi connectivity index (χ4v) is 1.41. The SMILES string of the molecule is CC(=O)NC(C(=O)O)c1cnsc1. The van der Waals surface area contributed by atoms with Crippen LogP contribution in [-0.4, -0.2) is 21.4 Å². The molecule has 70 valence electrons. The third kappa shape index (κ3) is 2.51. The van der Waals surface area contributed by atoms with Gasteiger partial charge in [-0.05, 0) is 11.5 Å². The third-order valence-corrected chi connectivity index (χ3v) is 1.98. The molecule has 0 aliphatic heterocycles. The summed E-state index contributed by atoms with van der Waals surface area (Å²) >= 11 is 1.15. The quantitative estimate of drug-likeness (QED) is 0.740. The summed E-state index contributed by atoms with van der Waals surface area (Å²) in [5, 5.41) is 12.7. The fraction of sp³-hybridized carbons (Fsp3) is 0.286. The number of rotatable bonds is 3. The molecule has 1 unspecified atom stereocenters. The molecular formula is C7H8N2O3S. The van der Waals surface area contributed by atoms with Gasteiger partial charge in [-0.1, -0.05) is 0 Å². The largest absolute Gasteiger partial charge is 0.479 e. The van der Waals surface area contributed by atoms with Crippen LogP contribution in [0.4, 0.5) is 0 Å². The Morgan fingerprint density at radius 1 is 1.69 bits per heavy atom. The number of carboxylic acids is 1. The summed E-state index contributed by atoms with van der Waals surface area (Å²) in [4.78, 5) is 21.4. The Morgan fingerprint density at radius 3 is 2.77 bits per heavy atom. The van der Waals surface area contributed by atoms with Crippen LogP contribution in [0.25, 0.3) is 0 Å². The molecule has 0 spiro atoms. The Kier molecular flexibility index (Phi) is 2.97. The summed E-state index contributed by atoms with van der Waals surface area (Å²) in [5.74, 6) is -1.46. The predicted octanol–water partition coefficient (Wildman–Crippen LogP) is 0.405. The second-order valence-electron chi connectivity index (χ2n) is 2.43. The fourth-order valence-electron chi connectivity index (χ4n) is 0.846. The van der Waals surface area contributed by atoms with Gasteiger partial charge in [-0.3, -0.25) is 4.79 Å². The summed E-state index contributed by atoms with van der Waals surface area (Å²) < 4.78 is 3.76. The van der Waals surface area contributed by atoms with Crippen LogP contribution in [0.2, 0.25) is 0 Å². The average molecular weight is 200 g/mol. The predicted molar refractivity (Wildman–Crippen MR) is 46.3 cm³/mol. The van der Waals surface area contributed by atoms with Crippen LogP contribution >= 0.6 is 11.5 Å². The number of hydrogen-bond donors (Lipinski definition) is 2. The van der Waals surface area contributed by atoms with E-state index >= 15 is 0 Å². The lowest BCUT2D eigenvalue weighted by molar-refractivity contribution is -0.141. The van der Waals surface area contributed by atoms with Gasteiger partial charge in [0.15, 0.2) is 6.04 Å². The highest BCUT2D eigenvalue weighted by atomic mass is 32.1. The van der Waals surface area contributed by atoms with Crippen LogP contribution in [0, 0.1) is 0 Å². The van der Waals surface area contributed by atoms with Gasteiger partial charge in [-0.15, -0.1) is 0 Å². The summed E-state index contributed by atoms with van der Waals surface area (Å²) in [6, 6.07) is -0.990. The molecule has 5 nitrogen and oxygen atoms in total. The normalized spacial score (nSPS) is 12.1. The summed E-state index contributed by atoms with van der Waals surface area (Å²) in [6.45, 7) is 1.27. The minimum absolute atomic E-state index is 0.376. The number of aliphatic carboxylic acids is 1. The van der Waals surface area contributed by atoms with Crippen LogP contribution in [0.15, 0.2) is 11.6 Å². The molecule has 1 heterocycles. The minimum atomic E-state index is -1.09. The first kappa shape index (κ1) is 9.66. The van der Waals surface area contributed by atoms with Gasteiger partial charge in [0.05, 0.1) is 0 Å². The van der Waals surface area contributed by atoms with Crippen LogP contribution in [0.1, 0.15) is 18.5 Å². The van der Waals surface area contributed by atoms with Crippen LogP contribution in [0.3, 0.4) is 0 Å². The topological polar surface area (TPSA) is 79.3 Å². The van der Waals surface area contributed by atoms with Crippen LogP contribution in [0.5, 0.6) is 0 Å². The van der Waals surface area contributed by atoms with Gasteiger partial charge in [0, 0.05) is 24.1 Å². The Morgan fingerprint density at radius 2 is 2.38 bits per heavy atom. The molecule has 1 rings (SSSR count). The Bertz CT molecular complexity index is 310. The smallest absolute Gasteiger partial charge is 0.331 e. The molecule has 0 bridgehead atoms. The van der Waals surface area contributed by atoms with E-state index in [1.54, 1.807) is 5.38 Å². The molecule has 0 saturated heterocycles. The molecule has 0 fully saturated rings. The third-order valence-electron chi connectivity index (χ3n) is 1.38. The van der Waals surface area contributed by atoms with Crippen molar-refractivity contribution < 1.29 is 14.7 Å². The molecule has 0 aromatic carbocycles. The molecule has 0 radical (unpaired) electrons. The van der Waals surface area contributed by atoms with Crippen molar-refractivity contribution >= 4 is 23.4 Å². The summed E-state index contributed by atoms with van der Waals surface area (Å²) in [6.07, 6.45) is 1.43. The van der Waals surface area contributed by atoms with Crippen molar-refractivity contribution in [3.8, 4) is 0 Å². The first-order valence-electron chi connectivity index (χ1n) is 3.50. The summed E-state index contributed by atoms with van der Waals surface area (Å²) in [5.41, 5.74) is 0.493. The molecule has 0 saturated carbocycles. The van der Waals surface area contributed by atoms with E-state index in [9.17, 15) is 9.59 Å². The van der Waals surface area contributed by atoms with E-state index < -0.39 is 12.0 Å². The van der Waals surface area contributed by atoms with Crippen molar-refractivity contribution in [3.05, 3.63) is 17.1 Å². The van der Waals surface area contributed by atoms with Gasteiger partial charge in [-0.2, -0.15) is 0 Å². The first-order valence-corrected chi connectivity index (χ1v) is 4.34. The summed E-state index contributed by atoms with van der Waals surface area (Å²) in [7, 11) is 0. The highest BCUT2D eigenvalue weighted by molar-refractivity contribution is 7.03. The number of nitrogens with zero attached hydrogens (tertiary/aromatic N) is 1. The minimum Gasteiger partial charge on any atom is -0.479 e. The van der Waals surface area contributed by atoms with Gasteiger partial charge >= 0.3 is 5.97 Å². The molecule has 1 amide bonds. The maximum atomic E-state index is 10.7. The van der Waals surface area contributed by atoms with E-state index in [0.717, 1.165) is 11.5 Å². The van der Waals surface area contributed by atoms with E-state index in [1.165, 1.54) is 13.1 Å². The highest BCUT2D eigenvalue weighted by Gasteiger charge is 2.21. The van der Waals surface area contributed by atoms with Crippen molar-refractivity contribution in [3.63, 3.8) is 0 Å². The van der Waals surface area contributed by atoms with Crippen LogP contribution < -0.4 is 5.32 Å². The first-order chi connectivity index (χ1) is 6.11. The lowest BCUT2D eigenvalue weighted by atomic mass is 10.2. The second-order valence-corrected chi connectivity index (χ2v) is 3.09. The van der Waals surface area contributed by atoms with Gasteiger partial charge in [0.1, 0.15) is 0 Å². The van der Waals surface area contributed by atoms with E-state index in [-0.39, 0.29) is 5.91 Å². The Labute approximate surface area is 78.6 Å². The van der Waals surface area contributed by atoms with E-state index in [2.05, 4.69) is 9.69 Å². The lowest BCUT2D eigenvalue weighted by Crippen LogP contribution is -2.31. The van der Waals surface area contributed by atoms with Crippen LogP contribution in [-0.2, 0) is 9.59 Å². The number of carbonyl (C=O) groups excluding carboxylic acids is 1. The number of aromatic nitrogens is 1. The van der Waals surface area contributed by atoms with E-state index in [1.807, 2.05) is 0 Å². The molecular weight excluding hydrogens is 192 g/mol. The number of carbonyl (C=O) groups is 2. The second kappa shape index (κ2) is 3.99. The number of hydrogen-bond acceptors (Lipinski definition) is 4. The molecule has 1 aromatic rings. The van der Waals surface area contributed by atoms with Gasteiger partial charge in [0.2, 0.25) is 5.91 Å². The molecule has 13 heavy (non-hydrogen) atoms. The van der Waals surface area contributed by atoms with Gasteiger partial charge in [0.25, 0.3) is 0 Å². The maximum Gasteiger partial charge on any atom is 0.331 e. The Balaban J connectivity index is 2.81. The average Bonchev–Trinajstić information content (AvgIpc) is 2.50. The van der Waals surface area contributed by atoms with Crippen molar-refractivity contribution in [2.24, 2.45) is 0 Å².